The number of alkyl halides is 3. The number of nitriles is 1. The number of ether oxygens (including phenoxy) is 1. The maximum atomic E-state index is 14.1. The molecule has 2 saturated heterocycles. The second-order valence-corrected chi connectivity index (χ2v) is 15.1. The van der Waals surface area contributed by atoms with Crippen molar-refractivity contribution in [3.8, 4) is 11.8 Å². The van der Waals surface area contributed by atoms with E-state index in [9.17, 15) is 33.1 Å². The van der Waals surface area contributed by atoms with Crippen molar-refractivity contribution in [1.82, 2.24) is 15.1 Å². The van der Waals surface area contributed by atoms with Gasteiger partial charge in [0.25, 0.3) is 5.91 Å². The van der Waals surface area contributed by atoms with Crippen molar-refractivity contribution < 1.29 is 37.1 Å². The van der Waals surface area contributed by atoms with Crippen LogP contribution in [0.15, 0.2) is 77.1 Å². The number of carbonyl (C=O) groups is 2. The van der Waals surface area contributed by atoms with Crippen LogP contribution in [-0.2, 0) is 20.5 Å². The number of anilines is 1. The van der Waals surface area contributed by atoms with E-state index in [4.69, 9.17) is 4.74 Å². The van der Waals surface area contributed by atoms with E-state index >= 15 is 0 Å². The Labute approximate surface area is 306 Å². The number of benzene rings is 2. The predicted octanol–water partition coefficient (Wildman–Crippen LogP) is 5.95. The van der Waals surface area contributed by atoms with Crippen molar-refractivity contribution >= 4 is 23.3 Å². The van der Waals surface area contributed by atoms with Gasteiger partial charge in [0.1, 0.15) is 17.4 Å². The predicted molar refractivity (Wildman–Crippen MR) is 192 cm³/mol. The molecule has 3 N–H and O–H groups in total. The molecule has 3 heterocycles. The lowest BCUT2D eigenvalue weighted by Crippen LogP contribution is -2.48. The SMILES string of the molecule is CN=C(/C(C(=O)Nc1cccc(C(F)(F)F)c1)=C(\O)C1N[C@]1(C)C1CCC(C(=O)OC2CC[N+](C)(C)CC2)CC1)c1ccnn1-c1ccc(C#N)cc1. The number of likely N-dealkylation sites (tertiary alicyclic amines) is 1. The third-order valence-electron chi connectivity index (χ3n) is 11.1. The van der Waals surface area contributed by atoms with E-state index < -0.39 is 29.2 Å². The summed E-state index contributed by atoms with van der Waals surface area (Å²) in [5.74, 6) is -1.46. The molecule has 1 aliphatic carbocycles. The van der Waals surface area contributed by atoms with Crippen molar-refractivity contribution in [3.63, 3.8) is 0 Å². The largest absolute Gasteiger partial charge is 0.510 e. The number of carbonyl (C=O) groups excluding carboxylic acids is 2. The van der Waals surface area contributed by atoms with Gasteiger partial charge in [-0.25, -0.2) is 4.68 Å². The van der Waals surface area contributed by atoms with Crippen LogP contribution in [0.25, 0.3) is 5.69 Å². The lowest BCUT2D eigenvalue weighted by molar-refractivity contribution is -0.896. The number of amides is 1. The van der Waals surface area contributed by atoms with Gasteiger partial charge in [-0.1, -0.05) is 6.07 Å². The first-order valence-electron chi connectivity index (χ1n) is 17.9. The maximum Gasteiger partial charge on any atom is 0.416 e. The van der Waals surface area contributed by atoms with Gasteiger partial charge >= 0.3 is 12.1 Å². The molecule has 53 heavy (non-hydrogen) atoms. The van der Waals surface area contributed by atoms with Crippen molar-refractivity contribution in [2.45, 2.75) is 69.3 Å². The number of hydrogen-bond donors (Lipinski definition) is 3. The summed E-state index contributed by atoms with van der Waals surface area (Å²) in [6, 6.07) is 13.8. The van der Waals surface area contributed by atoms with Crippen LogP contribution in [0, 0.1) is 23.2 Å². The minimum absolute atomic E-state index is 0.0522. The van der Waals surface area contributed by atoms with Gasteiger partial charge in [-0.05, 0) is 87.1 Å². The van der Waals surface area contributed by atoms with E-state index in [0.29, 0.717) is 42.6 Å². The van der Waals surface area contributed by atoms with Gasteiger partial charge in [-0.2, -0.15) is 23.5 Å². The lowest BCUT2D eigenvalue weighted by Gasteiger charge is -2.37. The van der Waals surface area contributed by atoms with Gasteiger partial charge < -0.3 is 19.6 Å². The highest BCUT2D eigenvalue weighted by molar-refractivity contribution is 6.30. The molecule has 0 bridgehead atoms. The topological polar surface area (TPSA) is 152 Å². The zero-order valence-electron chi connectivity index (χ0n) is 30.3. The number of nitrogens with zero attached hydrogens (tertiary/aromatic N) is 5. The van der Waals surface area contributed by atoms with E-state index in [-0.39, 0.29) is 46.6 Å². The van der Waals surface area contributed by atoms with Crippen molar-refractivity contribution in [2.75, 3.05) is 39.5 Å². The fraction of sp³-hybridized carbons (Fsp3) is 0.462. The van der Waals surface area contributed by atoms with E-state index in [1.54, 1.807) is 30.3 Å². The van der Waals surface area contributed by atoms with Crippen LogP contribution in [0.3, 0.4) is 0 Å². The first kappa shape index (κ1) is 37.7. The molecule has 2 aromatic carbocycles. The molecule has 0 spiro atoms. The number of halogens is 3. The summed E-state index contributed by atoms with van der Waals surface area (Å²) in [5, 5.41) is 31.6. The Balaban J connectivity index is 1.25. The van der Waals surface area contributed by atoms with Gasteiger partial charge in [0.15, 0.2) is 0 Å². The quantitative estimate of drug-likeness (QED) is 0.0614. The van der Waals surface area contributed by atoms with E-state index in [1.165, 1.54) is 30.1 Å². The molecule has 3 aromatic rings. The van der Waals surface area contributed by atoms with Gasteiger partial charge in [-0.15, -0.1) is 0 Å². The fourth-order valence-corrected chi connectivity index (χ4v) is 7.70. The van der Waals surface area contributed by atoms with E-state index in [0.717, 1.165) is 42.5 Å². The second-order valence-electron chi connectivity index (χ2n) is 15.1. The summed E-state index contributed by atoms with van der Waals surface area (Å²) < 4.78 is 49.0. The number of piperidine rings is 1. The molecule has 1 aromatic heterocycles. The summed E-state index contributed by atoms with van der Waals surface area (Å²) in [4.78, 5) is 31.7. The molecule has 6 rings (SSSR count). The van der Waals surface area contributed by atoms with Gasteiger partial charge in [0.2, 0.25) is 0 Å². The highest BCUT2D eigenvalue weighted by Gasteiger charge is 2.58. The molecule has 14 heteroatoms. The van der Waals surface area contributed by atoms with Crippen LogP contribution in [0.5, 0.6) is 0 Å². The summed E-state index contributed by atoms with van der Waals surface area (Å²) in [5.41, 5.74) is -0.527. The molecule has 1 unspecified atom stereocenters. The van der Waals surface area contributed by atoms with Crippen LogP contribution in [0.2, 0.25) is 0 Å². The monoisotopic (exact) mass is 732 g/mol. The third-order valence-corrected chi connectivity index (χ3v) is 11.1. The van der Waals surface area contributed by atoms with Crippen LogP contribution in [0.4, 0.5) is 18.9 Å². The molecule has 280 valence electrons. The summed E-state index contributed by atoms with van der Waals surface area (Å²) in [7, 11) is 5.81. The Morgan fingerprint density at radius 1 is 1.08 bits per heavy atom. The summed E-state index contributed by atoms with van der Waals surface area (Å²) in [6.07, 6.45) is 1.20. The van der Waals surface area contributed by atoms with Crippen LogP contribution >= 0.6 is 0 Å². The molecule has 1 amide bonds. The number of esters is 1. The fourth-order valence-electron chi connectivity index (χ4n) is 7.70. The molecule has 2 aliphatic heterocycles. The maximum absolute atomic E-state index is 14.1. The molecule has 2 atom stereocenters. The molecular formula is C39H45F3N7O4+. The molecule has 11 nitrogen and oxygen atoms in total. The van der Waals surface area contributed by atoms with Crippen molar-refractivity contribution in [1.29, 1.82) is 5.26 Å². The minimum Gasteiger partial charge on any atom is -0.510 e. The second kappa shape index (κ2) is 14.8. The molecular weight excluding hydrogens is 687 g/mol. The van der Waals surface area contributed by atoms with Crippen molar-refractivity contribution in [2.24, 2.45) is 16.8 Å². The number of quaternary nitrogens is 1. The highest BCUT2D eigenvalue weighted by atomic mass is 19.4. The molecule has 1 saturated carbocycles. The number of nitrogens with one attached hydrogen (secondary N) is 2. The first-order valence-corrected chi connectivity index (χ1v) is 17.9. The third kappa shape index (κ3) is 8.16. The number of rotatable bonds is 9. The lowest BCUT2D eigenvalue weighted by atomic mass is 9.74. The zero-order chi connectivity index (χ0) is 38.1. The summed E-state index contributed by atoms with van der Waals surface area (Å²) >= 11 is 0. The Bertz CT molecular complexity index is 1950. The van der Waals surface area contributed by atoms with Gasteiger partial charge in [0.05, 0.1) is 79.6 Å². The average molecular weight is 733 g/mol. The normalized spacial score (nSPS) is 25.2. The minimum atomic E-state index is -4.63. The zero-order valence-corrected chi connectivity index (χ0v) is 30.3. The molecule has 3 aliphatic rings. The van der Waals surface area contributed by atoms with E-state index in [2.05, 4.69) is 40.9 Å². The van der Waals surface area contributed by atoms with Gasteiger partial charge in [-0.3, -0.25) is 19.9 Å². The number of aliphatic imine (C=N–C) groups is 1. The Kier molecular flexibility index (Phi) is 10.5. The highest BCUT2D eigenvalue weighted by Crippen LogP contribution is 2.47. The Morgan fingerprint density at radius 2 is 1.75 bits per heavy atom. The molecule has 3 fully saturated rings. The summed E-state index contributed by atoms with van der Waals surface area (Å²) in [6.45, 7) is 3.90. The molecule has 0 radical (unpaired) electrons. The Morgan fingerprint density at radius 3 is 2.38 bits per heavy atom. The standard InChI is InChI=1S/C39H44F3N7O4/c1-38(26-12-10-25(11-13-26)37(52)53-30-17-20-49(3,4)21-18-30)35(47-38)34(50)32(36(51)46-28-7-5-6-27(22-28)39(40,41)42)33(44-2)31-16-19-45-48(31)29-14-8-24(23-43)9-15-29/h5-9,14-16,19,22,25-26,30,35,47H,10-13,17-18,20-21H2,1-4H3,(H-,44,46,50,51)/p+1/t25?,26?,35?,38-/m1/s1. The van der Waals surface area contributed by atoms with Gasteiger partial charge in [0, 0.05) is 31.1 Å². The first-order chi connectivity index (χ1) is 25.1. The Hall–Kier alpha value is -5.00. The van der Waals surface area contributed by atoms with E-state index in [1.807, 2.05) is 6.92 Å². The smallest absolute Gasteiger partial charge is 0.416 e. The van der Waals surface area contributed by atoms with Crippen LogP contribution < -0.4 is 10.6 Å². The average Bonchev–Trinajstić information content (AvgIpc) is 3.60. The number of aliphatic hydroxyl groups is 1. The number of aliphatic hydroxyl groups excluding tert-OH is 1. The van der Waals surface area contributed by atoms with Crippen molar-refractivity contribution in [3.05, 3.63) is 88.9 Å². The van der Waals surface area contributed by atoms with Crippen LogP contribution in [0.1, 0.15) is 62.3 Å². The van der Waals surface area contributed by atoms with Crippen LogP contribution in [-0.4, -0.2) is 88.9 Å². The number of aromatic nitrogens is 2. The number of hydrogen-bond acceptors (Lipinski definition) is 8.